The number of aliphatic hydroxyl groups excluding tert-OH is 1. The maximum atomic E-state index is 10.3. The van der Waals surface area contributed by atoms with E-state index in [1.807, 2.05) is 25.1 Å². The Morgan fingerprint density at radius 1 is 1.35 bits per heavy atom. The highest BCUT2D eigenvalue weighted by Crippen LogP contribution is 2.28. The monoisotopic (exact) mass is 235 g/mol. The number of rotatable bonds is 3. The zero-order chi connectivity index (χ0) is 12.3. The van der Waals surface area contributed by atoms with Gasteiger partial charge in [0.05, 0.1) is 18.2 Å². The second-order valence-corrected chi connectivity index (χ2v) is 5.12. The van der Waals surface area contributed by atoms with E-state index in [9.17, 15) is 10.2 Å². The van der Waals surface area contributed by atoms with Crippen LogP contribution in [-0.2, 0) is 6.54 Å². The van der Waals surface area contributed by atoms with Gasteiger partial charge in [0, 0.05) is 6.54 Å². The first-order valence-electron chi connectivity index (χ1n) is 6.25. The molecule has 3 nitrogen and oxygen atoms in total. The van der Waals surface area contributed by atoms with E-state index >= 15 is 0 Å². The maximum absolute atomic E-state index is 10.3. The predicted octanol–water partition coefficient (Wildman–Crippen LogP) is 1.39. The molecule has 1 aliphatic rings. The lowest BCUT2D eigenvalue weighted by atomic mass is 9.86. The lowest BCUT2D eigenvalue weighted by Gasteiger charge is -2.44. The van der Waals surface area contributed by atoms with Crippen molar-refractivity contribution in [2.24, 2.45) is 0 Å². The molecule has 1 aromatic carbocycles. The van der Waals surface area contributed by atoms with Crippen molar-refractivity contribution < 1.29 is 10.2 Å². The van der Waals surface area contributed by atoms with Gasteiger partial charge in [-0.1, -0.05) is 30.3 Å². The fourth-order valence-electron chi connectivity index (χ4n) is 2.68. The van der Waals surface area contributed by atoms with E-state index in [-0.39, 0.29) is 12.6 Å². The van der Waals surface area contributed by atoms with Crippen molar-refractivity contribution >= 4 is 0 Å². The van der Waals surface area contributed by atoms with E-state index in [0.717, 1.165) is 25.9 Å². The van der Waals surface area contributed by atoms with Crippen molar-refractivity contribution in [3.63, 3.8) is 0 Å². The molecule has 1 heterocycles. The SMILES string of the molecule is C[C@@]1(O)CCCN(Cc2ccccc2)[C@H]1CO. The summed E-state index contributed by atoms with van der Waals surface area (Å²) in [7, 11) is 0. The molecule has 0 saturated carbocycles. The van der Waals surface area contributed by atoms with Gasteiger partial charge in [-0.05, 0) is 31.9 Å². The van der Waals surface area contributed by atoms with Gasteiger partial charge in [0.15, 0.2) is 0 Å². The molecule has 2 rings (SSSR count). The van der Waals surface area contributed by atoms with Crippen LogP contribution in [0.15, 0.2) is 30.3 Å². The number of aliphatic hydroxyl groups is 2. The number of hydrogen-bond acceptors (Lipinski definition) is 3. The summed E-state index contributed by atoms with van der Waals surface area (Å²) in [5.74, 6) is 0. The first-order chi connectivity index (χ1) is 8.13. The first kappa shape index (κ1) is 12.6. The van der Waals surface area contributed by atoms with Crippen LogP contribution in [0.2, 0.25) is 0 Å². The Hall–Kier alpha value is -0.900. The molecule has 1 aliphatic heterocycles. The van der Waals surface area contributed by atoms with Crippen molar-refractivity contribution in [3.8, 4) is 0 Å². The molecule has 17 heavy (non-hydrogen) atoms. The molecule has 2 atom stereocenters. The summed E-state index contributed by atoms with van der Waals surface area (Å²) in [6.07, 6.45) is 1.75. The molecule has 1 saturated heterocycles. The van der Waals surface area contributed by atoms with Gasteiger partial charge in [0.25, 0.3) is 0 Å². The molecule has 0 amide bonds. The van der Waals surface area contributed by atoms with E-state index in [1.54, 1.807) is 0 Å². The summed E-state index contributed by atoms with van der Waals surface area (Å²) >= 11 is 0. The second kappa shape index (κ2) is 5.17. The van der Waals surface area contributed by atoms with E-state index in [4.69, 9.17) is 0 Å². The zero-order valence-electron chi connectivity index (χ0n) is 10.3. The van der Waals surface area contributed by atoms with Crippen molar-refractivity contribution in [2.75, 3.05) is 13.2 Å². The summed E-state index contributed by atoms with van der Waals surface area (Å²) in [6, 6.07) is 10.0. The molecule has 0 aromatic heterocycles. The van der Waals surface area contributed by atoms with E-state index in [1.165, 1.54) is 5.56 Å². The largest absolute Gasteiger partial charge is 0.395 e. The van der Waals surface area contributed by atoms with Crippen LogP contribution in [0.4, 0.5) is 0 Å². The number of benzene rings is 1. The van der Waals surface area contributed by atoms with Crippen LogP contribution in [0.1, 0.15) is 25.3 Å². The zero-order valence-corrected chi connectivity index (χ0v) is 10.3. The molecule has 1 fully saturated rings. The predicted molar refractivity (Wildman–Crippen MR) is 67.6 cm³/mol. The highest BCUT2D eigenvalue weighted by Gasteiger charge is 2.38. The van der Waals surface area contributed by atoms with Gasteiger partial charge >= 0.3 is 0 Å². The summed E-state index contributed by atoms with van der Waals surface area (Å²) in [4.78, 5) is 2.18. The van der Waals surface area contributed by atoms with Crippen LogP contribution in [-0.4, -0.2) is 39.9 Å². The lowest BCUT2D eigenvalue weighted by Crippen LogP contribution is -2.56. The van der Waals surface area contributed by atoms with Crippen molar-refractivity contribution in [3.05, 3.63) is 35.9 Å². The fourth-order valence-corrected chi connectivity index (χ4v) is 2.68. The van der Waals surface area contributed by atoms with Gasteiger partial charge in [-0.2, -0.15) is 0 Å². The van der Waals surface area contributed by atoms with Crippen molar-refractivity contribution in [2.45, 2.75) is 38.0 Å². The Bertz CT molecular complexity index is 350. The Morgan fingerprint density at radius 2 is 2.06 bits per heavy atom. The smallest absolute Gasteiger partial charge is 0.0797 e. The molecular weight excluding hydrogens is 214 g/mol. The molecule has 2 N–H and O–H groups in total. The van der Waals surface area contributed by atoms with Crippen LogP contribution < -0.4 is 0 Å². The van der Waals surface area contributed by atoms with Crippen LogP contribution in [0.25, 0.3) is 0 Å². The minimum Gasteiger partial charge on any atom is -0.395 e. The Kier molecular flexibility index (Phi) is 3.82. The van der Waals surface area contributed by atoms with Crippen LogP contribution in [0.3, 0.4) is 0 Å². The van der Waals surface area contributed by atoms with Crippen molar-refractivity contribution in [1.29, 1.82) is 0 Å². The Balaban J connectivity index is 2.09. The quantitative estimate of drug-likeness (QED) is 0.832. The maximum Gasteiger partial charge on any atom is 0.0797 e. The topological polar surface area (TPSA) is 43.7 Å². The minimum atomic E-state index is -0.776. The lowest BCUT2D eigenvalue weighted by molar-refractivity contribution is -0.0883. The van der Waals surface area contributed by atoms with Crippen LogP contribution in [0, 0.1) is 0 Å². The normalized spacial score (nSPS) is 30.4. The summed E-state index contributed by atoms with van der Waals surface area (Å²) in [6.45, 7) is 3.57. The number of likely N-dealkylation sites (tertiary alicyclic amines) is 1. The van der Waals surface area contributed by atoms with E-state index < -0.39 is 5.60 Å². The van der Waals surface area contributed by atoms with E-state index in [0.29, 0.717) is 0 Å². The standard InChI is InChI=1S/C14H21NO2/c1-14(17)8-5-9-15(13(14)11-16)10-12-6-3-2-4-7-12/h2-4,6-7,13,16-17H,5,8-11H2,1H3/t13-,14+/m0/s1. The third kappa shape index (κ3) is 2.86. The van der Waals surface area contributed by atoms with Gasteiger partial charge in [-0.25, -0.2) is 0 Å². The van der Waals surface area contributed by atoms with Gasteiger partial charge < -0.3 is 10.2 Å². The molecule has 0 spiro atoms. The molecule has 1 aromatic rings. The molecule has 94 valence electrons. The van der Waals surface area contributed by atoms with Gasteiger partial charge in [0.2, 0.25) is 0 Å². The van der Waals surface area contributed by atoms with Gasteiger partial charge in [-0.3, -0.25) is 4.90 Å². The minimum absolute atomic E-state index is 0.0137. The van der Waals surface area contributed by atoms with Crippen LogP contribution >= 0.6 is 0 Å². The molecule has 0 bridgehead atoms. The Labute approximate surface area is 103 Å². The third-order valence-electron chi connectivity index (χ3n) is 3.69. The molecular formula is C14H21NO2. The van der Waals surface area contributed by atoms with Gasteiger partial charge in [-0.15, -0.1) is 0 Å². The van der Waals surface area contributed by atoms with Crippen LogP contribution in [0.5, 0.6) is 0 Å². The number of nitrogens with zero attached hydrogens (tertiary/aromatic N) is 1. The molecule has 0 unspecified atom stereocenters. The summed E-state index contributed by atoms with van der Waals surface area (Å²) in [5.41, 5.74) is 0.450. The number of hydrogen-bond donors (Lipinski definition) is 2. The van der Waals surface area contributed by atoms with Crippen molar-refractivity contribution in [1.82, 2.24) is 4.90 Å². The Morgan fingerprint density at radius 3 is 2.71 bits per heavy atom. The summed E-state index contributed by atoms with van der Waals surface area (Å²) < 4.78 is 0. The fraction of sp³-hybridized carbons (Fsp3) is 0.571. The number of piperidine rings is 1. The third-order valence-corrected chi connectivity index (χ3v) is 3.69. The van der Waals surface area contributed by atoms with E-state index in [2.05, 4.69) is 17.0 Å². The first-order valence-corrected chi connectivity index (χ1v) is 6.25. The average molecular weight is 235 g/mol. The highest BCUT2D eigenvalue weighted by atomic mass is 16.3. The molecule has 0 radical (unpaired) electrons. The molecule has 0 aliphatic carbocycles. The second-order valence-electron chi connectivity index (χ2n) is 5.12. The average Bonchev–Trinajstić information content (AvgIpc) is 2.29. The summed E-state index contributed by atoms with van der Waals surface area (Å²) in [5, 5.41) is 19.8. The van der Waals surface area contributed by atoms with Gasteiger partial charge in [0.1, 0.15) is 0 Å². The molecule has 3 heteroatoms. The highest BCUT2D eigenvalue weighted by molar-refractivity contribution is 5.15.